The minimum absolute atomic E-state index is 0.0254. The summed E-state index contributed by atoms with van der Waals surface area (Å²) in [7, 11) is 0. The topological polar surface area (TPSA) is 480 Å². The lowest BCUT2D eigenvalue weighted by Crippen LogP contribution is -2.61. The Morgan fingerprint density at radius 1 is 0.475 bits per heavy atom. The van der Waals surface area contributed by atoms with Crippen molar-refractivity contribution >= 4 is 96.3 Å². The molecule has 22 N–H and O–H groups in total. The maximum atomic E-state index is 14.3. The van der Waals surface area contributed by atoms with Gasteiger partial charge in [0.2, 0.25) is 53.2 Å². The molecule has 9 amide bonds. The second-order valence-electron chi connectivity index (χ2n) is 21.0. The summed E-state index contributed by atoms with van der Waals surface area (Å²) in [6, 6.07) is -11.1. The molecule has 0 saturated carbocycles. The Morgan fingerprint density at radius 3 is 1.29 bits per heavy atom. The van der Waals surface area contributed by atoms with Gasteiger partial charge in [0.1, 0.15) is 48.3 Å². The number of rotatable bonds is 41. The van der Waals surface area contributed by atoms with E-state index < -0.39 is 126 Å². The van der Waals surface area contributed by atoms with E-state index in [2.05, 4.69) is 83.1 Å². The molecular formula is C50H95N17O11S2. The van der Waals surface area contributed by atoms with Gasteiger partial charge >= 0.3 is 5.97 Å². The number of amides is 9. The maximum absolute atomic E-state index is 14.3. The van der Waals surface area contributed by atoms with Crippen molar-refractivity contribution in [1.29, 1.82) is 0 Å². The van der Waals surface area contributed by atoms with E-state index in [1.807, 2.05) is 0 Å². The van der Waals surface area contributed by atoms with Crippen molar-refractivity contribution in [2.45, 2.75) is 180 Å². The summed E-state index contributed by atoms with van der Waals surface area (Å²) in [5.41, 5.74) is 33.7. The second-order valence-corrected chi connectivity index (χ2v) is 21.7. The van der Waals surface area contributed by atoms with Gasteiger partial charge in [0.05, 0.1) is 12.6 Å². The first kappa shape index (κ1) is 73.9. The first-order chi connectivity index (χ1) is 37.5. The average molecular weight is 1170 g/mol. The zero-order valence-corrected chi connectivity index (χ0v) is 49.6. The fourth-order valence-electron chi connectivity index (χ4n) is 7.79. The molecule has 10 atom stereocenters. The van der Waals surface area contributed by atoms with Crippen molar-refractivity contribution in [2.24, 2.45) is 68.1 Å². The van der Waals surface area contributed by atoms with E-state index in [4.69, 9.17) is 34.4 Å². The monoisotopic (exact) mass is 1170 g/mol. The number of carboxylic acids is 1. The number of hydrogen-bond donors (Lipinski definition) is 18. The van der Waals surface area contributed by atoms with Gasteiger partial charge in [-0.25, -0.2) is 4.79 Å². The van der Waals surface area contributed by atoms with Gasteiger partial charge in [-0.1, -0.05) is 68.2 Å². The molecule has 0 aromatic rings. The third kappa shape index (κ3) is 31.0. The van der Waals surface area contributed by atoms with Gasteiger partial charge in [0, 0.05) is 24.6 Å². The van der Waals surface area contributed by atoms with Crippen LogP contribution in [0.4, 0.5) is 0 Å². The molecule has 0 aliphatic heterocycles. The summed E-state index contributed by atoms with van der Waals surface area (Å²) < 4.78 is 0. The van der Waals surface area contributed by atoms with Crippen LogP contribution in [0.3, 0.4) is 0 Å². The average Bonchev–Trinajstić information content (AvgIpc) is 3.37. The SMILES string of the molecule is CC[C@H](C)[C@H](NC(=O)[C@H](CCCN=C(N)N)NC(=O)[C@H](CCCN=C(N)N)NC(=O)[C@@H](N)CCCCN)C(=O)N[C@@H](CC(C)C)C(=O)N[C@@H](CS)C(=O)N[C@@H](CS)C(=O)N[C@@H](CC(C)C)C(=O)NCC(=O)N[C@@H](CC(C)C)C(=O)O. The Kier molecular flexibility index (Phi) is 37.0. The first-order valence-electron chi connectivity index (χ1n) is 27.2. The van der Waals surface area contributed by atoms with E-state index in [0.29, 0.717) is 32.2 Å². The standard InChI is InChI=1S/C50H95N17O11S2/c1-9-29(8)39(67-43(72)32(16-13-19-58-50(55)56)62-42(71)31(15-12-18-57-49(53)54)61-40(69)30(52)14-10-11-17-51)47(76)64-34(21-27(4)5)44(73)65-37(25-80)46(75)66-36(24-79)45(74)63-33(20-26(2)3)41(70)59-23-38(68)60-35(48(77)78)22-28(6)7/h26-37,39,79-80H,9-25,51-52H2,1-8H3,(H,59,70)(H,60,68)(H,61,69)(H,62,71)(H,63,74)(H,64,76)(H,65,73)(H,66,75)(H,67,72)(H,77,78)(H4,53,54,57)(H4,55,56,58)/t29-,30-,31-,32-,33-,34-,35-,36-,37-,39-/m0/s1. The molecule has 0 heterocycles. The number of thiol groups is 2. The zero-order valence-electron chi connectivity index (χ0n) is 47.8. The van der Waals surface area contributed by atoms with Crippen LogP contribution in [0.2, 0.25) is 0 Å². The number of nitrogens with zero attached hydrogens (tertiary/aromatic N) is 2. The fraction of sp³-hybridized carbons (Fsp3) is 0.760. The third-order valence-electron chi connectivity index (χ3n) is 12.3. The molecule has 0 bridgehead atoms. The van der Waals surface area contributed by atoms with Gasteiger partial charge < -0.3 is 87.4 Å². The lowest BCUT2D eigenvalue weighted by atomic mass is 9.96. The van der Waals surface area contributed by atoms with Crippen molar-refractivity contribution in [3.8, 4) is 0 Å². The number of carbonyl (C=O) groups is 10. The summed E-state index contributed by atoms with van der Waals surface area (Å²) >= 11 is 8.53. The van der Waals surface area contributed by atoms with Crippen LogP contribution in [0.1, 0.15) is 126 Å². The molecule has 0 aliphatic carbocycles. The van der Waals surface area contributed by atoms with Gasteiger partial charge in [-0.3, -0.25) is 53.1 Å². The smallest absolute Gasteiger partial charge is 0.326 e. The minimum Gasteiger partial charge on any atom is -0.480 e. The summed E-state index contributed by atoms with van der Waals surface area (Å²) in [5, 5.41) is 32.9. The normalized spacial score (nSPS) is 14.9. The number of carboxylic acid groups (broad SMARTS) is 1. The van der Waals surface area contributed by atoms with Crippen molar-refractivity contribution < 1.29 is 53.1 Å². The van der Waals surface area contributed by atoms with E-state index in [1.54, 1.807) is 55.4 Å². The van der Waals surface area contributed by atoms with Crippen molar-refractivity contribution in [3.05, 3.63) is 0 Å². The van der Waals surface area contributed by atoms with E-state index in [-0.39, 0.29) is 99.2 Å². The maximum Gasteiger partial charge on any atom is 0.326 e. The van der Waals surface area contributed by atoms with Crippen molar-refractivity contribution in [3.63, 3.8) is 0 Å². The quantitative estimate of drug-likeness (QED) is 0.0123. The number of unbranched alkanes of at least 4 members (excludes halogenated alkanes) is 1. The lowest BCUT2D eigenvalue weighted by Gasteiger charge is -2.30. The second kappa shape index (κ2) is 40.1. The fourth-order valence-corrected chi connectivity index (χ4v) is 8.31. The highest BCUT2D eigenvalue weighted by atomic mass is 32.1. The molecule has 28 nitrogen and oxygen atoms in total. The van der Waals surface area contributed by atoms with Gasteiger partial charge in [-0.2, -0.15) is 25.3 Å². The third-order valence-corrected chi connectivity index (χ3v) is 13.1. The van der Waals surface area contributed by atoms with Gasteiger partial charge in [0.15, 0.2) is 11.9 Å². The molecular weight excluding hydrogens is 1080 g/mol. The lowest BCUT2D eigenvalue weighted by molar-refractivity contribution is -0.142. The van der Waals surface area contributed by atoms with Crippen LogP contribution in [0.15, 0.2) is 9.98 Å². The number of nitrogens with one attached hydrogen (secondary N) is 9. The van der Waals surface area contributed by atoms with Crippen LogP contribution in [0.25, 0.3) is 0 Å². The Morgan fingerprint density at radius 2 is 0.863 bits per heavy atom. The van der Waals surface area contributed by atoms with E-state index in [9.17, 15) is 53.1 Å². The number of nitrogens with two attached hydrogens (primary N) is 6. The van der Waals surface area contributed by atoms with Crippen LogP contribution in [-0.2, 0) is 47.9 Å². The molecule has 0 spiro atoms. The Balaban J connectivity index is 6.50. The van der Waals surface area contributed by atoms with Gasteiger partial charge in [-0.05, 0) is 88.0 Å². The molecule has 0 radical (unpaired) electrons. The van der Waals surface area contributed by atoms with E-state index in [0.717, 1.165) is 0 Å². The van der Waals surface area contributed by atoms with Crippen LogP contribution in [0.5, 0.6) is 0 Å². The van der Waals surface area contributed by atoms with Crippen molar-refractivity contribution in [1.82, 2.24) is 47.9 Å². The molecule has 0 aromatic carbocycles. The molecule has 0 saturated heterocycles. The summed E-state index contributed by atoms with van der Waals surface area (Å²) in [5.74, 6) is -9.88. The van der Waals surface area contributed by atoms with E-state index in [1.165, 1.54) is 0 Å². The van der Waals surface area contributed by atoms with Crippen LogP contribution in [-0.4, -0.2) is 168 Å². The van der Waals surface area contributed by atoms with E-state index >= 15 is 0 Å². The Bertz CT molecular complexity index is 2060. The molecule has 30 heteroatoms. The summed E-state index contributed by atoms with van der Waals surface area (Å²) in [6.07, 6.45) is 2.69. The number of guanidine groups is 2. The largest absolute Gasteiger partial charge is 0.480 e. The number of carbonyl (C=O) groups excluding carboxylic acids is 9. The molecule has 0 unspecified atom stereocenters. The van der Waals surface area contributed by atoms with Crippen LogP contribution >= 0.6 is 25.3 Å². The highest BCUT2D eigenvalue weighted by Crippen LogP contribution is 2.14. The number of hydrogen-bond acceptors (Lipinski definition) is 16. The Labute approximate surface area is 481 Å². The van der Waals surface area contributed by atoms with Crippen molar-refractivity contribution in [2.75, 3.05) is 37.7 Å². The summed E-state index contributed by atoms with van der Waals surface area (Å²) in [4.78, 5) is 143. The summed E-state index contributed by atoms with van der Waals surface area (Å²) in [6.45, 7) is 14.3. The zero-order chi connectivity index (χ0) is 61.2. The van der Waals surface area contributed by atoms with Crippen LogP contribution < -0.4 is 82.3 Å². The number of aliphatic carboxylic acids is 1. The molecule has 0 rings (SSSR count). The molecule has 458 valence electrons. The highest BCUT2D eigenvalue weighted by Gasteiger charge is 2.36. The Hall–Kier alpha value is -6.14. The molecule has 0 aromatic heterocycles. The van der Waals surface area contributed by atoms with Crippen LogP contribution in [0, 0.1) is 23.7 Å². The van der Waals surface area contributed by atoms with Gasteiger partial charge in [-0.15, -0.1) is 0 Å². The molecule has 0 aliphatic rings. The van der Waals surface area contributed by atoms with Gasteiger partial charge in [0.25, 0.3) is 0 Å². The highest BCUT2D eigenvalue weighted by molar-refractivity contribution is 7.80. The predicted molar refractivity (Wildman–Crippen MR) is 312 cm³/mol. The number of aliphatic imine (C=N–C) groups is 2. The predicted octanol–water partition coefficient (Wildman–Crippen LogP) is -3.33. The molecule has 80 heavy (non-hydrogen) atoms. The first-order valence-corrected chi connectivity index (χ1v) is 28.5. The minimum atomic E-state index is -1.37. The molecule has 0 fully saturated rings.